The third-order valence-corrected chi connectivity index (χ3v) is 4.43. The van der Waals surface area contributed by atoms with Gasteiger partial charge in [0.05, 0.1) is 0 Å². The Labute approximate surface area is 169 Å². The number of pyridine rings is 1. The summed E-state index contributed by atoms with van der Waals surface area (Å²) in [6, 6.07) is 17.3. The molecule has 2 N–H and O–H groups in total. The van der Waals surface area contributed by atoms with Crippen LogP contribution < -0.4 is 10.6 Å². The van der Waals surface area contributed by atoms with E-state index in [2.05, 4.69) is 15.6 Å². The van der Waals surface area contributed by atoms with Gasteiger partial charge in [0.1, 0.15) is 11.5 Å². The average molecular weight is 391 g/mol. The Kier molecular flexibility index (Phi) is 6.68. The van der Waals surface area contributed by atoms with Crippen molar-refractivity contribution in [2.45, 2.75) is 19.9 Å². The quantitative estimate of drug-likeness (QED) is 0.648. The lowest BCUT2D eigenvalue weighted by atomic mass is 10.1. The fourth-order valence-electron chi connectivity index (χ4n) is 2.90. The molecule has 148 valence electrons. The Balaban J connectivity index is 1.55. The third kappa shape index (κ3) is 5.72. The van der Waals surface area contributed by atoms with E-state index in [0.717, 1.165) is 11.1 Å². The molecule has 0 fully saturated rings. The molecule has 5 nitrogen and oxygen atoms in total. The van der Waals surface area contributed by atoms with E-state index >= 15 is 0 Å². The molecule has 29 heavy (non-hydrogen) atoms. The number of amides is 2. The zero-order valence-electron chi connectivity index (χ0n) is 16.1. The molecule has 2 amide bonds. The van der Waals surface area contributed by atoms with Crippen molar-refractivity contribution < 1.29 is 14.0 Å². The van der Waals surface area contributed by atoms with Gasteiger partial charge in [-0.25, -0.2) is 4.39 Å². The Morgan fingerprint density at radius 3 is 2.59 bits per heavy atom. The Bertz CT molecular complexity index is 1020. The molecule has 1 aromatic heterocycles. The summed E-state index contributed by atoms with van der Waals surface area (Å²) in [6.07, 6.45) is 1.79. The lowest BCUT2D eigenvalue weighted by molar-refractivity contribution is 0.0949. The summed E-state index contributed by atoms with van der Waals surface area (Å²) in [5.41, 5.74) is 3.15. The van der Waals surface area contributed by atoms with Gasteiger partial charge in [-0.2, -0.15) is 0 Å². The summed E-state index contributed by atoms with van der Waals surface area (Å²) in [4.78, 5) is 28.7. The van der Waals surface area contributed by atoms with Gasteiger partial charge in [0.15, 0.2) is 0 Å². The molecule has 1 heterocycles. The first-order valence-electron chi connectivity index (χ1n) is 9.34. The van der Waals surface area contributed by atoms with Crippen LogP contribution in [0, 0.1) is 12.7 Å². The van der Waals surface area contributed by atoms with E-state index < -0.39 is 5.91 Å². The van der Waals surface area contributed by atoms with Crippen LogP contribution in [0.2, 0.25) is 0 Å². The van der Waals surface area contributed by atoms with E-state index in [1.165, 1.54) is 18.3 Å². The van der Waals surface area contributed by atoms with E-state index in [-0.39, 0.29) is 24.0 Å². The number of rotatable bonds is 7. The second-order valence-corrected chi connectivity index (χ2v) is 6.70. The minimum absolute atomic E-state index is 0.140. The topological polar surface area (TPSA) is 71.1 Å². The number of nitrogens with one attached hydrogen (secondary N) is 2. The molecule has 3 rings (SSSR count). The molecule has 3 aromatic rings. The summed E-state index contributed by atoms with van der Waals surface area (Å²) >= 11 is 0. The van der Waals surface area contributed by atoms with Crippen LogP contribution in [0.4, 0.5) is 4.39 Å². The number of nitrogens with zero attached hydrogens (tertiary/aromatic N) is 1. The van der Waals surface area contributed by atoms with Gasteiger partial charge in [0.25, 0.3) is 11.8 Å². The van der Waals surface area contributed by atoms with Gasteiger partial charge in [0.2, 0.25) is 0 Å². The highest BCUT2D eigenvalue weighted by atomic mass is 19.1. The fraction of sp³-hybridized carbons (Fsp3) is 0.174. The summed E-state index contributed by atoms with van der Waals surface area (Å²) in [5.74, 6) is -0.990. The molecular weight excluding hydrogens is 369 g/mol. The molecular formula is C23H22FN3O2. The molecule has 0 saturated carbocycles. The van der Waals surface area contributed by atoms with Gasteiger partial charge in [-0.05, 0) is 42.7 Å². The predicted octanol–water partition coefficient (Wildman–Crippen LogP) is 3.43. The predicted molar refractivity (Wildman–Crippen MR) is 109 cm³/mol. The first-order chi connectivity index (χ1) is 14.0. The minimum Gasteiger partial charge on any atom is -0.350 e. The normalized spacial score (nSPS) is 10.4. The Hall–Kier alpha value is -3.54. The number of carbonyl (C=O) groups is 2. The molecule has 0 spiro atoms. The van der Waals surface area contributed by atoms with Crippen LogP contribution in [-0.4, -0.2) is 23.3 Å². The van der Waals surface area contributed by atoms with E-state index in [1.807, 2.05) is 31.2 Å². The van der Waals surface area contributed by atoms with Gasteiger partial charge in [-0.3, -0.25) is 14.6 Å². The second kappa shape index (κ2) is 9.59. The van der Waals surface area contributed by atoms with E-state index in [1.54, 1.807) is 24.3 Å². The molecule has 0 unspecified atom stereocenters. The fourth-order valence-corrected chi connectivity index (χ4v) is 2.90. The van der Waals surface area contributed by atoms with Gasteiger partial charge in [-0.15, -0.1) is 0 Å². The Morgan fingerprint density at radius 1 is 0.966 bits per heavy atom. The van der Waals surface area contributed by atoms with Gasteiger partial charge >= 0.3 is 0 Å². The van der Waals surface area contributed by atoms with Crippen LogP contribution in [0.15, 0.2) is 66.9 Å². The maximum atomic E-state index is 13.6. The second-order valence-electron chi connectivity index (χ2n) is 6.70. The van der Waals surface area contributed by atoms with Gasteiger partial charge in [0, 0.05) is 24.8 Å². The lowest BCUT2D eigenvalue weighted by Gasteiger charge is -2.08. The van der Waals surface area contributed by atoms with Gasteiger partial charge in [-0.1, -0.05) is 48.0 Å². The first-order valence-corrected chi connectivity index (χ1v) is 9.34. The first kappa shape index (κ1) is 20.2. The molecule has 0 atom stereocenters. The van der Waals surface area contributed by atoms with Crippen LogP contribution in [0.3, 0.4) is 0 Å². The highest BCUT2D eigenvalue weighted by Crippen LogP contribution is 2.08. The largest absolute Gasteiger partial charge is 0.350 e. The van der Waals surface area contributed by atoms with Crippen LogP contribution in [-0.2, 0) is 13.0 Å². The molecule has 6 heteroatoms. The van der Waals surface area contributed by atoms with Gasteiger partial charge < -0.3 is 10.6 Å². The Morgan fingerprint density at radius 2 is 1.79 bits per heavy atom. The van der Waals surface area contributed by atoms with Crippen molar-refractivity contribution >= 4 is 11.8 Å². The monoisotopic (exact) mass is 391 g/mol. The molecule has 0 aliphatic rings. The number of hydrogen-bond donors (Lipinski definition) is 2. The number of carbonyl (C=O) groups excluding carboxylic acids is 2. The number of hydrogen-bond acceptors (Lipinski definition) is 3. The summed E-state index contributed by atoms with van der Waals surface area (Å²) in [5, 5.41) is 5.54. The number of aryl methyl sites for hydroxylation is 1. The van der Waals surface area contributed by atoms with Crippen LogP contribution in [0.5, 0.6) is 0 Å². The van der Waals surface area contributed by atoms with Crippen molar-refractivity contribution in [3.8, 4) is 0 Å². The highest BCUT2D eigenvalue weighted by molar-refractivity contribution is 5.98. The molecule has 0 saturated heterocycles. The molecule has 0 radical (unpaired) electrons. The van der Waals surface area contributed by atoms with Crippen molar-refractivity contribution in [2.75, 3.05) is 6.54 Å². The maximum absolute atomic E-state index is 13.6. The molecule has 0 bridgehead atoms. The molecule has 0 aliphatic carbocycles. The van der Waals surface area contributed by atoms with Crippen LogP contribution in [0.1, 0.15) is 37.5 Å². The van der Waals surface area contributed by atoms with E-state index in [9.17, 15) is 14.0 Å². The number of halogens is 1. The third-order valence-electron chi connectivity index (χ3n) is 4.43. The average Bonchev–Trinajstić information content (AvgIpc) is 2.73. The number of benzene rings is 2. The van der Waals surface area contributed by atoms with Crippen molar-refractivity contribution in [2.24, 2.45) is 0 Å². The van der Waals surface area contributed by atoms with Crippen molar-refractivity contribution in [3.05, 3.63) is 101 Å². The number of aromatic nitrogens is 1. The smallest absolute Gasteiger partial charge is 0.269 e. The van der Waals surface area contributed by atoms with Crippen molar-refractivity contribution in [3.63, 3.8) is 0 Å². The maximum Gasteiger partial charge on any atom is 0.269 e. The van der Waals surface area contributed by atoms with Crippen LogP contribution in [0.25, 0.3) is 0 Å². The summed E-state index contributed by atoms with van der Waals surface area (Å²) < 4.78 is 13.6. The zero-order chi connectivity index (χ0) is 20.6. The standard InChI is InChI=1S/C23H22FN3O2/c1-16-5-4-6-17(13-16)15-27-22(28)19-10-11-25-21(14-19)23(29)26-12-9-18-7-2-3-8-20(18)24/h2-8,10-11,13-14H,9,12,15H2,1H3,(H,26,29)(H,27,28). The molecule has 2 aromatic carbocycles. The van der Waals surface area contributed by atoms with E-state index in [4.69, 9.17) is 0 Å². The molecule has 0 aliphatic heterocycles. The summed E-state index contributed by atoms with van der Waals surface area (Å²) in [6.45, 7) is 2.66. The summed E-state index contributed by atoms with van der Waals surface area (Å²) in [7, 11) is 0. The zero-order valence-corrected chi connectivity index (χ0v) is 16.1. The van der Waals surface area contributed by atoms with E-state index in [0.29, 0.717) is 24.1 Å². The minimum atomic E-state index is -0.408. The van der Waals surface area contributed by atoms with Crippen LogP contribution >= 0.6 is 0 Å². The highest BCUT2D eigenvalue weighted by Gasteiger charge is 2.12. The SMILES string of the molecule is Cc1cccc(CNC(=O)c2ccnc(C(=O)NCCc3ccccc3F)c2)c1. The lowest BCUT2D eigenvalue weighted by Crippen LogP contribution is -2.28. The van der Waals surface area contributed by atoms with Crippen molar-refractivity contribution in [1.82, 2.24) is 15.6 Å². The van der Waals surface area contributed by atoms with Crippen molar-refractivity contribution in [1.29, 1.82) is 0 Å².